The van der Waals surface area contributed by atoms with Gasteiger partial charge in [0.1, 0.15) is 0 Å². The normalized spacial score (nSPS) is 20.7. The average Bonchev–Trinajstić information content (AvgIpc) is 3.11. The van der Waals surface area contributed by atoms with Gasteiger partial charge in [0.2, 0.25) is 0 Å². The Morgan fingerprint density at radius 3 is 3.00 bits per heavy atom. The first kappa shape index (κ1) is 16.0. The summed E-state index contributed by atoms with van der Waals surface area (Å²) in [6, 6.07) is 7.21. The summed E-state index contributed by atoms with van der Waals surface area (Å²) in [5.74, 6) is -0.142. The lowest BCUT2D eigenvalue weighted by Gasteiger charge is -2.14. The molecule has 2 atom stereocenters. The van der Waals surface area contributed by atoms with Crippen LogP contribution < -0.4 is 5.32 Å². The minimum Gasteiger partial charge on any atom is -0.393 e. The fourth-order valence-electron chi connectivity index (χ4n) is 2.95. The molecular formula is C16H19ClN4O2. The Morgan fingerprint density at radius 1 is 1.48 bits per heavy atom. The number of rotatable bonds is 4. The Kier molecular flexibility index (Phi) is 4.63. The maximum atomic E-state index is 12.3. The van der Waals surface area contributed by atoms with Gasteiger partial charge < -0.3 is 10.4 Å². The van der Waals surface area contributed by atoms with Crippen molar-refractivity contribution in [2.24, 2.45) is 5.92 Å². The molecule has 1 aliphatic rings. The molecule has 122 valence electrons. The quantitative estimate of drug-likeness (QED) is 0.897. The number of amides is 1. The highest BCUT2D eigenvalue weighted by Crippen LogP contribution is 2.24. The van der Waals surface area contributed by atoms with Crippen molar-refractivity contribution >= 4 is 17.5 Å². The zero-order valence-electron chi connectivity index (χ0n) is 12.9. The Balaban J connectivity index is 1.72. The number of nitrogens with one attached hydrogen (secondary N) is 1. The van der Waals surface area contributed by atoms with E-state index in [0.717, 1.165) is 24.9 Å². The molecule has 1 amide bonds. The van der Waals surface area contributed by atoms with Crippen LogP contribution in [0.5, 0.6) is 0 Å². The number of aliphatic hydroxyl groups is 1. The minimum absolute atomic E-state index is 0.127. The lowest BCUT2D eigenvalue weighted by Crippen LogP contribution is -2.33. The number of benzene rings is 1. The highest BCUT2D eigenvalue weighted by Gasteiger charge is 2.26. The van der Waals surface area contributed by atoms with E-state index >= 15 is 0 Å². The summed E-state index contributed by atoms with van der Waals surface area (Å²) in [5, 5.41) is 21.3. The third kappa shape index (κ3) is 3.38. The summed E-state index contributed by atoms with van der Waals surface area (Å²) in [7, 11) is 0. The molecule has 3 rings (SSSR count). The number of nitrogens with zero attached hydrogens (tertiary/aromatic N) is 3. The topological polar surface area (TPSA) is 80.0 Å². The molecule has 23 heavy (non-hydrogen) atoms. The molecule has 0 radical (unpaired) electrons. The molecule has 2 aromatic rings. The van der Waals surface area contributed by atoms with Gasteiger partial charge in [0, 0.05) is 17.5 Å². The number of carbonyl (C=O) groups is 1. The zero-order valence-corrected chi connectivity index (χ0v) is 13.6. The highest BCUT2D eigenvalue weighted by atomic mass is 35.5. The molecule has 1 saturated carbocycles. The fraction of sp³-hybridized carbons (Fsp3) is 0.438. The predicted octanol–water partition coefficient (Wildman–Crippen LogP) is 2.12. The van der Waals surface area contributed by atoms with Crippen molar-refractivity contribution in [3.8, 4) is 5.69 Å². The number of aliphatic hydroxyl groups excluding tert-OH is 1. The van der Waals surface area contributed by atoms with Gasteiger partial charge in [-0.3, -0.25) is 4.79 Å². The van der Waals surface area contributed by atoms with Crippen LogP contribution in [0, 0.1) is 12.8 Å². The van der Waals surface area contributed by atoms with Crippen LogP contribution in [0.1, 0.15) is 35.4 Å². The van der Waals surface area contributed by atoms with Crippen molar-refractivity contribution in [2.75, 3.05) is 6.54 Å². The first-order valence-corrected chi connectivity index (χ1v) is 8.08. The van der Waals surface area contributed by atoms with E-state index in [9.17, 15) is 9.90 Å². The number of carbonyl (C=O) groups excluding carboxylic acids is 1. The van der Waals surface area contributed by atoms with Gasteiger partial charge in [-0.15, -0.1) is 5.10 Å². The second-order valence-corrected chi connectivity index (χ2v) is 6.32. The summed E-state index contributed by atoms with van der Waals surface area (Å²) < 4.78 is 1.59. The molecule has 7 heteroatoms. The molecule has 1 heterocycles. The summed E-state index contributed by atoms with van der Waals surface area (Å²) in [6.45, 7) is 2.25. The first-order valence-electron chi connectivity index (χ1n) is 7.71. The Labute approximate surface area is 139 Å². The molecule has 0 aliphatic heterocycles. The zero-order chi connectivity index (χ0) is 16.4. The van der Waals surface area contributed by atoms with E-state index in [1.165, 1.54) is 0 Å². The van der Waals surface area contributed by atoms with Crippen molar-refractivity contribution < 1.29 is 9.90 Å². The van der Waals surface area contributed by atoms with E-state index < -0.39 is 0 Å². The lowest BCUT2D eigenvalue weighted by atomic mass is 10.1. The average molecular weight is 335 g/mol. The second-order valence-electron chi connectivity index (χ2n) is 5.88. The SMILES string of the molecule is Cc1c(C(=O)NCC2CCCC2O)nnn1-c1cccc(Cl)c1. The van der Waals surface area contributed by atoms with Crippen molar-refractivity contribution in [1.29, 1.82) is 0 Å². The standard InChI is InChI=1S/C16H19ClN4O2/c1-10-15(16(23)18-9-11-4-2-7-14(11)22)19-20-21(10)13-6-3-5-12(17)8-13/h3,5-6,8,11,14,22H,2,4,7,9H2,1H3,(H,18,23). The first-order chi connectivity index (χ1) is 11.1. The molecule has 0 saturated heterocycles. The van der Waals surface area contributed by atoms with Gasteiger partial charge >= 0.3 is 0 Å². The summed E-state index contributed by atoms with van der Waals surface area (Å²) in [5.41, 5.74) is 1.70. The van der Waals surface area contributed by atoms with Crippen LogP contribution in [0.4, 0.5) is 0 Å². The van der Waals surface area contributed by atoms with E-state index in [1.54, 1.807) is 23.7 Å². The molecule has 0 spiro atoms. The van der Waals surface area contributed by atoms with Crippen molar-refractivity contribution in [3.63, 3.8) is 0 Å². The highest BCUT2D eigenvalue weighted by molar-refractivity contribution is 6.30. The van der Waals surface area contributed by atoms with Gasteiger partial charge in [0.15, 0.2) is 5.69 Å². The number of halogens is 1. The van der Waals surface area contributed by atoms with Crippen LogP contribution in [0.3, 0.4) is 0 Å². The van der Waals surface area contributed by atoms with Crippen LogP contribution in [-0.2, 0) is 0 Å². The molecule has 6 nitrogen and oxygen atoms in total. The Bertz CT molecular complexity index is 716. The smallest absolute Gasteiger partial charge is 0.273 e. The van der Waals surface area contributed by atoms with E-state index in [4.69, 9.17) is 11.6 Å². The predicted molar refractivity (Wildman–Crippen MR) is 86.8 cm³/mol. The molecule has 2 unspecified atom stereocenters. The third-order valence-corrected chi connectivity index (χ3v) is 4.54. The Morgan fingerprint density at radius 2 is 2.30 bits per heavy atom. The molecule has 2 N–H and O–H groups in total. The second kappa shape index (κ2) is 6.68. The van der Waals surface area contributed by atoms with Gasteiger partial charge in [-0.25, -0.2) is 4.68 Å². The van der Waals surface area contributed by atoms with Gasteiger partial charge in [-0.2, -0.15) is 0 Å². The molecule has 0 bridgehead atoms. The summed E-state index contributed by atoms with van der Waals surface area (Å²) in [6.07, 6.45) is 2.43. The van der Waals surface area contributed by atoms with Crippen molar-refractivity contribution in [2.45, 2.75) is 32.3 Å². The van der Waals surface area contributed by atoms with Crippen molar-refractivity contribution in [3.05, 3.63) is 40.7 Å². The van der Waals surface area contributed by atoms with Crippen LogP contribution >= 0.6 is 11.6 Å². The van der Waals surface area contributed by atoms with Gasteiger partial charge in [0.05, 0.1) is 17.5 Å². The summed E-state index contributed by atoms with van der Waals surface area (Å²) >= 11 is 5.99. The van der Waals surface area contributed by atoms with Crippen molar-refractivity contribution in [1.82, 2.24) is 20.3 Å². The van der Waals surface area contributed by atoms with Gasteiger partial charge in [-0.05, 0) is 38.0 Å². The maximum absolute atomic E-state index is 12.3. The number of hydrogen-bond donors (Lipinski definition) is 2. The Hall–Kier alpha value is -1.92. The van der Waals surface area contributed by atoms with Gasteiger partial charge in [-0.1, -0.05) is 29.3 Å². The van der Waals surface area contributed by atoms with Crippen LogP contribution in [0.2, 0.25) is 5.02 Å². The van der Waals surface area contributed by atoms with E-state index in [2.05, 4.69) is 15.6 Å². The monoisotopic (exact) mass is 334 g/mol. The van der Waals surface area contributed by atoms with Crippen LogP contribution in [0.25, 0.3) is 5.69 Å². The largest absolute Gasteiger partial charge is 0.393 e. The summed E-state index contributed by atoms with van der Waals surface area (Å²) in [4.78, 5) is 12.3. The van der Waals surface area contributed by atoms with Crippen LogP contribution in [0.15, 0.2) is 24.3 Å². The van der Waals surface area contributed by atoms with Gasteiger partial charge in [0.25, 0.3) is 5.91 Å². The van der Waals surface area contributed by atoms with E-state index in [0.29, 0.717) is 17.3 Å². The molecule has 1 aliphatic carbocycles. The van der Waals surface area contributed by atoms with E-state index in [-0.39, 0.29) is 23.6 Å². The molecule has 1 fully saturated rings. The lowest BCUT2D eigenvalue weighted by molar-refractivity contribution is 0.0911. The molecule has 1 aromatic heterocycles. The minimum atomic E-state index is -0.321. The number of aromatic nitrogens is 3. The molecular weight excluding hydrogens is 316 g/mol. The maximum Gasteiger partial charge on any atom is 0.273 e. The third-order valence-electron chi connectivity index (χ3n) is 4.31. The van der Waals surface area contributed by atoms with Crippen LogP contribution in [-0.4, -0.2) is 38.7 Å². The fourth-order valence-corrected chi connectivity index (χ4v) is 3.14. The number of hydrogen-bond acceptors (Lipinski definition) is 4. The molecule has 1 aromatic carbocycles. The van der Waals surface area contributed by atoms with E-state index in [1.807, 2.05) is 12.1 Å².